The number of primary amides is 1. The molecule has 0 spiro atoms. The first kappa shape index (κ1) is 10.1. The maximum absolute atomic E-state index is 10.6. The molecule has 0 saturated heterocycles. The summed E-state index contributed by atoms with van der Waals surface area (Å²) in [7, 11) is 0. The fraction of sp³-hybridized carbons (Fsp3) is 0.571. The van der Waals surface area contributed by atoms with Crippen molar-refractivity contribution in [2.45, 2.75) is 12.8 Å². The lowest BCUT2D eigenvalue weighted by Gasteiger charge is -1.98. The second-order valence-electron chi connectivity index (χ2n) is 2.08. The molecule has 11 heavy (non-hydrogen) atoms. The van der Waals surface area contributed by atoms with E-state index in [0.29, 0.717) is 12.0 Å². The van der Waals surface area contributed by atoms with E-state index in [0.717, 1.165) is 0 Å². The van der Waals surface area contributed by atoms with Crippen LogP contribution in [0.5, 0.6) is 0 Å². The van der Waals surface area contributed by atoms with E-state index in [1.54, 1.807) is 6.08 Å². The zero-order valence-corrected chi connectivity index (χ0v) is 6.29. The van der Waals surface area contributed by atoms with Crippen LogP contribution >= 0.6 is 0 Å². The third-order valence-corrected chi connectivity index (χ3v) is 1.22. The fourth-order valence-electron chi connectivity index (χ4n) is 0.685. The summed E-state index contributed by atoms with van der Waals surface area (Å²) < 4.78 is 0. The molecule has 0 aliphatic carbocycles. The van der Waals surface area contributed by atoms with Crippen LogP contribution in [0.3, 0.4) is 0 Å². The molecule has 0 aromatic rings. The number of hydrogen-bond acceptors (Lipinski definition) is 3. The van der Waals surface area contributed by atoms with Gasteiger partial charge in [0.05, 0.1) is 0 Å². The van der Waals surface area contributed by atoms with Gasteiger partial charge in [0.15, 0.2) is 0 Å². The van der Waals surface area contributed by atoms with Gasteiger partial charge < -0.3 is 15.9 Å². The molecule has 4 heteroatoms. The summed E-state index contributed by atoms with van der Waals surface area (Å²) in [6.07, 6.45) is 2.20. The standard InChI is InChI=1S/C7H13NO3/c8-7(11)6(3-5-10)2-1-4-9/h2,9-10H,1,3-5H2,(H2,8,11)/b6-2-. The minimum atomic E-state index is -0.535. The van der Waals surface area contributed by atoms with Crippen LogP contribution in [-0.4, -0.2) is 29.3 Å². The molecule has 0 aromatic heterocycles. The average Bonchev–Trinajstić information content (AvgIpc) is 1.97. The SMILES string of the molecule is NC(=O)/C(=C\CCO)CCO. The molecule has 0 unspecified atom stereocenters. The van der Waals surface area contributed by atoms with Gasteiger partial charge >= 0.3 is 0 Å². The first-order valence-electron chi connectivity index (χ1n) is 3.43. The highest BCUT2D eigenvalue weighted by molar-refractivity contribution is 5.91. The van der Waals surface area contributed by atoms with Crippen LogP contribution in [0, 0.1) is 0 Å². The summed E-state index contributed by atoms with van der Waals surface area (Å²) in [6.45, 7) is -0.109. The molecular formula is C7H13NO3. The molecule has 0 rings (SSSR count). The molecule has 0 atom stereocenters. The summed E-state index contributed by atoms with van der Waals surface area (Å²) >= 11 is 0. The second kappa shape index (κ2) is 5.88. The van der Waals surface area contributed by atoms with E-state index in [1.165, 1.54) is 0 Å². The van der Waals surface area contributed by atoms with Crippen molar-refractivity contribution in [3.8, 4) is 0 Å². The van der Waals surface area contributed by atoms with Crippen molar-refractivity contribution in [3.63, 3.8) is 0 Å². The zero-order valence-electron chi connectivity index (χ0n) is 6.29. The van der Waals surface area contributed by atoms with Gasteiger partial charge in [-0.2, -0.15) is 0 Å². The van der Waals surface area contributed by atoms with E-state index < -0.39 is 5.91 Å². The molecule has 0 bridgehead atoms. The Morgan fingerprint density at radius 2 is 2.00 bits per heavy atom. The third kappa shape index (κ3) is 4.52. The Kier molecular flexibility index (Phi) is 5.42. The summed E-state index contributed by atoms with van der Waals surface area (Å²) in [5.74, 6) is -0.535. The molecule has 1 amide bonds. The van der Waals surface area contributed by atoms with Crippen molar-refractivity contribution in [2.75, 3.05) is 13.2 Å². The predicted octanol–water partition coefficient (Wildman–Crippen LogP) is -0.837. The van der Waals surface area contributed by atoms with Crippen molar-refractivity contribution in [3.05, 3.63) is 11.6 Å². The quantitative estimate of drug-likeness (QED) is 0.457. The van der Waals surface area contributed by atoms with Gasteiger partial charge in [-0.3, -0.25) is 4.79 Å². The van der Waals surface area contributed by atoms with Crippen LogP contribution in [0.25, 0.3) is 0 Å². The molecule has 64 valence electrons. The van der Waals surface area contributed by atoms with E-state index >= 15 is 0 Å². The van der Waals surface area contributed by atoms with Crippen LogP contribution in [0.4, 0.5) is 0 Å². The van der Waals surface area contributed by atoms with Gasteiger partial charge in [-0.05, 0) is 6.42 Å². The van der Waals surface area contributed by atoms with Crippen LogP contribution in [0.15, 0.2) is 11.6 Å². The Bertz CT molecular complexity index is 154. The number of nitrogens with two attached hydrogens (primary N) is 1. The monoisotopic (exact) mass is 159 g/mol. The van der Waals surface area contributed by atoms with Crippen LogP contribution in [-0.2, 0) is 4.79 Å². The number of hydrogen-bond donors (Lipinski definition) is 3. The van der Waals surface area contributed by atoms with Crippen LogP contribution in [0.1, 0.15) is 12.8 Å². The van der Waals surface area contributed by atoms with Gasteiger partial charge in [0.2, 0.25) is 5.91 Å². The minimum absolute atomic E-state index is 0.0117. The highest BCUT2D eigenvalue weighted by Crippen LogP contribution is 2.00. The Hall–Kier alpha value is -0.870. The fourth-order valence-corrected chi connectivity index (χ4v) is 0.685. The number of rotatable bonds is 5. The molecule has 0 fully saturated rings. The smallest absolute Gasteiger partial charge is 0.244 e. The van der Waals surface area contributed by atoms with Crippen molar-refractivity contribution in [1.82, 2.24) is 0 Å². The Balaban J connectivity index is 3.97. The molecule has 0 saturated carbocycles. The average molecular weight is 159 g/mol. The molecule has 0 aliphatic rings. The van der Waals surface area contributed by atoms with Crippen LogP contribution in [0.2, 0.25) is 0 Å². The Morgan fingerprint density at radius 1 is 1.36 bits per heavy atom. The van der Waals surface area contributed by atoms with E-state index in [1.807, 2.05) is 0 Å². The predicted molar refractivity (Wildman–Crippen MR) is 40.7 cm³/mol. The highest BCUT2D eigenvalue weighted by Gasteiger charge is 2.01. The molecule has 0 heterocycles. The molecule has 4 nitrogen and oxygen atoms in total. The van der Waals surface area contributed by atoms with Crippen molar-refractivity contribution in [1.29, 1.82) is 0 Å². The normalized spacial score (nSPS) is 11.6. The lowest BCUT2D eigenvalue weighted by atomic mass is 10.1. The number of carbonyl (C=O) groups is 1. The van der Waals surface area contributed by atoms with E-state index in [4.69, 9.17) is 15.9 Å². The van der Waals surface area contributed by atoms with Gasteiger partial charge in [0.25, 0.3) is 0 Å². The summed E-state index contributed by atoms with van der Waals surface area (Å²) in [5.41, 5.74) is 5.34. The highest BCUT2D eigenvalue weighted by atomic mass is 16.3. The lowest BCUT2D eigenvalue weighted by Crippen LogP contribution is -2.15. The molecule has 0 aliphatic heterocycles. The summed E-state index contributed by atoms with van der Waals surface area (Å²) in [5, 5.41) is 16.9. The first-order chi connectivity index (χ1) is 5.22. The number of carbonyl (C=O) groups excluding carboxylic acids is 1. The third-order valence-electron chi connectivity index (χ3n) is 1.22. The maximum Gasteiger partial charge on any atom is 0.244 e. The first-order valence-corrected chi connectivity index (χ1v) is 3.43. The number of aliphatic hydroxyl groups is 2. The topological polar surface area (TPSA) is 83.6 Å². The second-order valence-corrected chi connectivity index (χ2v) is 2.08. The van der Waals surface area contributed by atoms with E-state index in [2.05, 4.69) is 0 Å². The number of aliphatic hydroxyl groups excluding tert-OH is 2. The van der Waals surface area contributed by atoms with Gasteiger partial charge in [0, 0.05) is 25.2 Å². The minimum Gasteiger partial charge on any atom is -0.396 e. The maximum atomic E-state index is 10.6. The van der Waals surface area contributed by atoms with Crippen molar-refractivity contribution in [2.24, 2.45) is 5.73 Å². The summed E-state index contributed by atoms with van der Waals surface area (Å²) in [4.78, 5) is 10.6. The zero-order chi connectivity index (χ0) is 8.69. The van der Waals surface area contributed by atoms with E-state index in [9.17, 15) is 4.79 Å². The van der Waals surface area contributed by atoms with Crippen molar-refractivity contribution >= 4 is 5.91 Å². The molecule has 0 radical (unpaired) electrons. The van der Waals surface area contributed by atoms with Gasteiger partial charge in [-0.1, -0.05) is 6.08 Å². The molecule has 4 N–H and O–H groups in total. The van der Waals surface area contributed by atoms with Gasteiger partial charge in [0.1, 0.15) is 0 Å². The molecular weight excluding hydrogens is 146 g/mol. The van der Waals surface area contributed by atoms with Gasteiger partial charge in [-0.15, -0.1) is 0 Å². The number of amides is 1. The molecule has 0 aromatic carbocycles. The van der Waals surface area contributed by atoms with Crippen molar-refractivity contribution < 1.29 is 15.0 Å². The van der Waals surface area contributed by atoms with Gasteiger partial charge in [-0.25, -0.2) is 0 Å². The Morgan fingerprint density at radius 3 is 2.36 bits per heavy atom. The van der Waals surface area contributed by atoms with Crippen LogP contribution < -0.4 is 5.73 Å². The summed E-state index contributed by atoms with van der Waals surface area (Å²) in [6, 6.07) is 0. The Labute approximate surface area is 65.3 Å². The lowest BCUT2D eigenvalue weighted by molar-refractivity contribution is -0.114. The van der Waals surface area contributed by atoms with E-state index in [-0.39, 0.29) is 19.6 Å². The largest absolute Gasteiger partial charge is 0.396 e.